The summed E-state index contributed by atoms with van der Waals surface area (Å²) in [4.78, 5) is 18.9. The predicted octanol–water partition coefficient (Wildman–Crippen LogP) is 2.41. The van der Waals surface area contributed by atoms with Crippen LogP contribution in [0.15, 0.2) is 54.7 Å². The summed E-state index contributed by atoms with van der Waals surface area (Å²) in [6.07, 6.45) is 1.59. The molecule has 0 spiro atoms. The Labute approximate surface area is 163 Å². The zero-order chi connectivity index (χ0) is 19.5. The first-order chi connectivity index (χ1) is 13.7. The van der Waals surface area contributed by atoms with E-state index in [0.717, 1.165) is 17.7 Å². The van der Waals surface area contributed by atoms with E-state index in [-0.39, 0.29) is 5.91 Å². The molecular weight excluding hydrogens is 356 g/mol. The molecule has 0 saturated heterocycles. The number of hydrogen-bond donors (Lipinski definition) is 1. The monoisotopic (exact) mass is 378 g/mol. The minimum absolute atomic E-state index is 0.121. The van der Waals surface area contributed by atoms with Gasteiger partial charge in [0.05, 0.1) is 25.0 Å². The number of nitrogens with zero attached hydrogens (tertiary/aromatic N) is 4. The molecule has 0 saturated carbocycles. The van der Waals surface area contributed by atoms with Crippen LogP contribution in [0.2, 0.25) is 0 Å². The first kappa shape index (κ1) is 18.2. The Morgan fingerprint density at radius 3 is 2.79 bits per heavy atom. The van der Waals surface area contributed by atoms with Gasteiger partial charge >= 0.3 is 0 Å². The van der Waals surface area contributed by atoms with Crippen molar-refractivity contribution in [3.05, 3.63) is 77.2 Å². The Balaban J connectivity index is 1.58. The summed E-state index contributed by atoms with van der Waals surface area (Å²) < 4.78 is 7.12. The van der Waals surface area contributed by atoms with Crippen LogP contribution in [0, 0.1) is 0 Å². The fourth-order valence-electron chi connectivity index (χ4n) is 3.48. The molecule has 28 heavy (non-hydrogen) atoms. The van der Waals surface area contributed by atoms with Gasteiger partial charge in [0.25, 0.3) is 5.91 Å². The average Bonchev–Trinajstić information content (AvgIpc) is 3.04. The highest BCUT2D eigenvalue weighted by Crippen LogP contribution is 2.25. The lowest BCUT2D eigenvalue weighted by Gasteiger charge is -2.20. The van der Waals surface area contributed by atoms with Crippen LogP contribution in [0.4, 0.5) is 0 Å². The van der Waals surface area contributed by atoms with Gasteiger partial charge < -0.3 is 14.7 Å². The fourth-order valence-corrected chi connectivity index (χ4v) is 3.48. The molecule has 1 amide bonds. The van der Waals surface area contributed by atoms with Crippen LogP contribution in [0.25, 0.3) is 0 Å². The van der Waals surface area contributed by atoms with Gasteiger partial charge in [0.2, 0.25) is 5.88 Å². The highest BCUT2D eigenvalue weighted by atomic mass is 16.5. The van der Waals surface area contributed by atoms with Crippen LogP contribution in [-0.2, 0) is 13.1 Å². The highest BCUT2D eigenvalue weighted by molar-refractivity contribution is 5.96. The van der Waals surface area contributed by atoms with Crippen LogP contribution in [-0.4, -0.2) is 44.3 Å². The molecule has 1 N–H and O–H groups in total. The van der Waals surface area contributed by atoms with Gasteiger partial charge in [0.15, 0.2) is 0 Å². The molecule has 0 aliphatic carbocycles. The summed E-state index contributed by atoms with van der Waals surface area (Å²) in [5.74, 6) is 0.204. The van der Waals surface area contributed by atoms with E-state index in [4.69, 9.17) is 4.74 Å². The third-order valence-electron chi connectivity index (χ3n) is 4.91. The lowest BCUT2D eigenvalue weighted by molar-refractivity contribution is 0.0741. The third kappa shape index (κ3) is 3.48. The number of pyridine rings is 1. The second kappa shape index (κ2) is 7.82. The van der Waals surface area contributed by atoms with E-state index in [1.54, 1.807) is 23.2 Å². The van der Waals surface area contributed by atoms with Crippen LogP contribution >= 0.6 is 0 Å². The summed E-state index contributed by atoms with van der Waals surface area (Å²) >= 11 is 0. The largest absolute Gasteiger partial charge is 0.480 e. The van der Waals surface area contributed by atoms with E-state index in [1.807, 2.05) is 41.1 Å². The second-order valence-electron chi connectivity index (χ2n) is 6.74. The van der Waals surface area contributed by atoms with Crippen LogP contribution in [0.3, 0.4) is 0 Å². The smallest absolute Gasteiger partial charge is 0.259 e. The van der Waals surface area contributed by atoms with E-state index in [0.29, 0.717) is 36.8 Å². The third-order valence-corrected chi connectivity index (χ3v) is 4.91. The number of aliphatic hydroxyl groups is 1. The van der Waals surface area contributed by atoms with Gasteiger partial charge in [-0.1, -0.05) is 30.3 Å². The van der Waals surface area contributed by atoms with Gasteiger partial charge in [-0.2, -0.15) is 5.10 Å². The zero-order valence-corrected chi connectivity index (χ0v) is 15.7. The molecule has 1 aromatic carbocycles. The number of aryl methyl sites for hydroxylation is 1. The lowest BCUT2D eigenvalue weighted by atomic mass is 10.1. The maximum absolute atomic E-state index is 13.0. The minimum Gasteiger partial charge on any atom is -0.480 e. The number of hydrogen-bond acceptors (Lipinski definition) is 5. The Bertz CT molecular complexity index is 971. The normalized spacial score (nSPS) is 14.9. The number of aromatic nitrogens is 3. The maximum atomic E-state index is 13.0. The van der Waals surface area contributed by atoms with Crippen molar-refractivity contribution in [1.29, 1.82) is 0 Å². The summed E-state index contributed by atoms with van der Waals surface area (Å²) in [6.45, 7) is 1.74. The molecule has 0 radical (unpaired) electrons. The molecule has 7 nitrogen and oxygen atoms in total. The Morgan fingerprint density at radius 1 is 1.18 bits per heavy atom. The van der Waals surface area contributed by atoms with Crippen molar-refractivity contribution in [1.82, 2.24) is 19.7 Å². The van der Waals surface area contributed by atoms with Gasteiger partial charge in [0, 0.05) is 19.3 Å². The van der Waals surface area contributed by atoms with Crippen LogP contribution < -0.4 is 4.74 Å². The van der Waals surface area contributed by atoms with Crippen LogP contribution in [0.1, 0.15) is 39.8 Å². The Morgan fingerprint density at radius 2 is 2.00 bits per heavy atom. The van der Waals surface area contributed by atoms with Crippen LogP contribution in [0.5, 0.6) is 5.88 Å². The highest BCUT2D eigenvalue weighted by Gasteiger charge is 2.25. The SMILES string of the molecule is COc1ncccc1C(=O)N1CCCn2nc(C(O)c3ccccc3)cc2C1. The molecule has 144 valence electrons. The summed E-state index contributed by atoms with van der Waals surface area (Å²) in [6, 6.07) is 14.8. The number of fused-ring (bicyclic) bond motifs is 1. The molecule has 3 aromatic rings. The van der Waals surface area contributed by atoms with Gasteiger partial charge in [-0.25, -0.2) is 4.98 Å². The van der Waals surface area contributed by atoms with Gasteiger partial charge in [-0.15, -0.1) is 0 Å². The van der Waals surface area contributed by atoms with Gasteiger partial charge in [0.1, 0.15) is 11.7 Å². The summed E-state index contributed by atoms with van der Waals surface area (Å²) in [5, 5.41) is 15.2. The van der Waals surface area contributed by atoms with Gasteiger partial charge in [-0.05, 0) is 30.2 Å². The molecule has 1 atom stereocenters. The topological polar surface area (TPSA) is 80.5 Å². The number of ether oxygens (including phenoxy) is 1. The Kier molecular flexibility index (Phi) is 5.08. The number of carbonyl (C=O) groups excluding carboxylic acids is 1. The summed E-state index contributed by atoms with van der Waals surface area (Å²) in [7, 11) is 1.51. The molecular formula is C21H22N4O3. The number of aliphatic hydroxyl groups excluding tert-OH is 1. The molecule has 1 unspecified atom stereocenters. The van der Waals surface area contributed by atoms with Crippen molar-refractivity contribution in [2.45, 2.75) is 25.6 Å². The Hall–Kier alpha value is -3.19. The number of carbonyl (C=O) groups is 1. The number of methoxy groups -OCH3 is 1. The quantitative estimate of drug-likeness (QED) is 0.754. The van der Waals surface area contributed by atoms with Crippen molar-refractivity contribution in [3.8, 4) is 5.88 Å². The maximum Gasteiger partial charge on any atom is 0.259 e. The number of benzene rings is 1. The summed E-state index contributed by atoms with van der Waals surface area (Å²) in [5.41, 5.74) is 2.74. The average molecular weight is 378 g/mol. The standard InChI is InChI=1S/C21H22N4O3/c1-28-20-17(9-5-10-22-20)21(27)24-11-6-12-25-16(14-24)13-18(23-25)19(26)15-7-3-2-4-8-15/h2-5,7-10,13,19,26H,6,11-12,14H2,1H3. The zero-order valence-electron chi connectivity index (χ0n) is 15.7. The van der Waals surface area contributed by atoms with E-state index in [2.05, 4.69) is 10.1 Å². The molecule has 3 heterocycles. The van der Waals surface area contributed by atoms with Crippen molar-refractivity contribution in [2.24, 2.45) is 0 Å². The molecule has 1 aliphatic heterocycles. The number of rotatable bonds is 4. The first-order valence-electron chi connectivity index (χ1n) is 9.25. The van der Waals surface area contributed by atoms with E-state index < -0.39 is 6.10 Å². The van der Waals surface area contributed by atoms with E-state index in [1.165, 1.54) is 7.11 Å². The molecule has 4 rings (SSSR count). The van der Waals surface area contributed by atoms with Crippen molar-refractivity contribution >= 4 is 5.91 Å². The molecule has 1 aliphatic rings. The first-order valence-corrected chi connectivity index (χ1v) is 9.25. The van der Waals surface area contributed by atoms with Crippen molar-refractivity contribution in [2.75, 3.05) is 13.7 Å². The molecule has 7 heteroatoms. The molecule has 0 bridgehead atoms. The van der Waals surface area contributed by atoms with Crippen molar-refractivity contribution in [3.63, 3.8) is 0 Å². The number of amides is 1. The molecule has 2 aromatic heterocycles. The predicted molar refractivity (Wildman–Crippen MR) is 103 cm³/mol. The van der Waals surface area contributed by atoms with Crippen molar-refractivity contribution < 1.29 is 14.6 Å². The van der Waals surface area contributed by atoms with Gasteiger partial charge in [-0.3, -0.25) is 9.48 Å². The second-order valence-corrected chi connectivity index (χ2v) is 6.74. The fraction of sp³-hybridized carbons (Fsp3) is 0.286. The lowest BCUT2D eigenvalue weighted by Crippen LogP contribution is -2.31. The molecule has 0 fully saturated rings. The van der Waals surface area contributed by atoms with E-state index >= 15 is 0 Å². The van der Waals surface area contributed by atoms with E-state index in [9.17, 15) is 9.90 Å². The minimum atomic E-state index is -0.789.